The molecule has 0 spiro atoms. The largest absolute Gasteiger partial charge is 0.462 e. The molecule has 1 N–H and O–H groups in total. The van der Waals surface area contributed by atoms with Gasteiger partial charge in [-0.1, -0.05) is 31.4 Å². The Bertz CT molecular complexity index is 1240. The molecule has 2 aliphatic heterocycles. The summed E-state index contributed by atoms with van der Waals surface area (Å²) in [6.45, 7) is 2.08. The van der Waals surface area contributed by atoms with Crippen LogP contribution in [0.1, 0.15) is 55.1 Å². The second kappa shape index (κ2) is 9.42. The lowest BCUT2D eigenvalue weighted by atomic mass is 9.90. The van der Waals surface area contributed by atoms with Crippen molar-refractivity contribution >= 4 is 45.8 Å². The number of esters is 1. The molecule has 8 nitrogen and oxygen atoms in total. The summed E-state index contributed by atoms with van der Waals surface area (Å²) in [5.41, 5.74) is 1.38. The predicted octanol–water partition coefficient (Wildman–Crippen LogP) is 5.32. The maximum Gasteiger partial charge on any atom is 0.338 e. The number of benzene rings is 1. The Morgan fingerprint density at radius 1 is 1.21 bits per heavy atom. The normalized spacial score (nSPS) is 19.8. The molecule has 5 rings (SSSR count). The van der Waals surface area contributed by atoms with Crippen molar-refractivity contribution in [2.75, 3.05) is 6.61 Å². The van der Waals surface area contributed by atoms with Crippen LogP contribution in [0.15, 0.2) is 56.5 Å². The minimum Gasteiger partial charge on any atom is -0.462 e. The molecule has 34 heavy (non-hydrogen) atoms. The Kier molecular flexibility index (Phi) is 6.19. The van der Waals surface area contributed by atoms with Gasteiger partial charge in [-0.05, 0) is 61.9 Å². The number of rotatable bonds is 5. The molecular formula is C25H24N4O4S. The standard InChI is InChI=1S/C25H24N4O4S/c1-2-32-24(31)17-10-8-15(9-11-17)20-13-12-18(33-20)14-19-21(26)29-25(27-22(19)30)34-23(28-29)16-6-4-3-5-7-16/h8-14,16,26H,2-7H2,1H3/b19-14+,26-21?. The number of amidine groups is 2. The smallest absolute Gasteiger partial charge is 0.338 e. The molecule has 1 aromatic heterocycles. The van der Waals surface area contributed by atoms with Crippen LogP contribution >= 0.6 is 11.8 Å². The molecule has 9 heteroatoms. The highest BCUT2D eigenvalue weighted by molar-refractivity contribution is 8.27. The van der Waals surface area contributed by atoms with Crippen molar-refractivity contribution in [3.63, 3.8) is 0 Å². The first-order valence-corrected chi connectivity index (χ1v) is 12.2. The highest BCUT2D eigenvalue weighted by atomic mass is 32.2. The number of hydrogen-bond donors (Lipinski definition) is 1. The molecule has 3 heterocycles. The summed E-state index contributed by atoms with van der Waals surface area (Å²) in [6, 6.07) is 10.4. The zero-order valence-corrected chi connectivity index (χ0v) is 19.6. The van der Waals surface area contributed by atoms with Crippen LogP contribution in [0.5, 0.6) is 0 Å². The first-order chi connectivity index (χ1) is 16.5. The van der Waals surface area contributed by atoms with Gasteiger partial charge in [0.25, 0.3) is 5.91 Å². The maximum absolute atomic E-state index is 12.7. The van der Waals surface area contributed by atoms with E-state index in [-0.39, 0.29) is 17.4 Å². The van der Waals surface area contributed by atoms with Crippen LogP contribution in [-0.2, 0) is 9.53 Å². The molecule has 0 atom stereocenters. The van der Waals surface area contributed by atoms with Gasteiger partial charge in [-0.15, -0.1) is 0 Å². The van der Waals surface area contributed by atoms with Crippen molar-refractivity contribution in [3.8, 4) is 11.3 Å². The third-order valence-corrected chi connectivity index (χ3v) is 7.09. The van der Waals surface area contributed by atoms with Crippen molar-refractivity contribution in [1.29, 1.82) is 5.41 Å². The van der Waals surface area contributed by atoms with Crippen LogP contribution in [0.2, 0.25) is 0 Å². The fourth-order valence-corrected chi connectivity index (χ4v) is 5.29. The van der Waals surface area contributed by atoms with Gasteiger partial charge in [0.05, 0.1) is 17.7 Å². The lowest BCUT2D eigenvalue weighted by Gasteiger charge is -2.20. The van der Waals surface area contributed by atoms with Crippen molar-refractivity contribution in [2.24, 2.45) is 16.0 Å². The number of ether oxygens (including phenoxy) is 1. The Balaban J connectivity index is 1.34. The fraction of sp³-hybridized carbons (Fsp3) is 0.320. The SMILES string of the molecule is CCOC(=O)c1ccc(-c2ccc(/C=C3\C(=N)N4N=C(C5CCCCC5)SC4=NC3=O)o2)cc1. The van der Waals surface area contributed by atoms with E-state index < -0.39 is 5.91 Å². The van der Waals surface area contributed by atoms with Crippen molar-refractivity contribution in [2.45, 2.75) is 39.0 Å². The molecule has 0 unspecified atom stereocenters. The van der Waals surface area contributed by atoms with E-state index in [2.05, 4.69) is 10.1 Å². The summed E-state index contributed by atoms with van der Waals surface area (Å²) in [5, 5.41) is 16.1. The van der Waals surface area contributed by atoms with Gasteiger partial charge in [0.15, 0.2) is 5.84 Å². The molecule has 1 amide bonds. The minimum absolute atomic E-state index is 0.00467. The van der Waals surface area contributed by atoms with E-state index in [0.29, 0.717) is 34.8 Å². The number of hydrogen-bond acceptors (Lipinski definition) is 7. The number of nitrogens with one attached hydrogen (secondary N) is 1. The van der Waals surface area contributed by atoms with Gasteiger partial charge in [0, 0.05) is 11.5 Å². The Labute approximate surface area is 201 Å². The van der Waals surface area contributed by atoms with E-state index in [1.54, 1.807) is 43.3 Å². The number of amides is 1. The maximum atomic E-state index is 12.7. The second-order valence-corrected chi connectivity index (χ2v) is 9.28. The van der Waals surface area contributed by atoms with Gasteiger partial charge in [-0.25, -0.2) is 4.79 Å². The minimum atomic E-state index is -0.472. The topological polar surface area (TPSA) is 108 Å². The van der Waals surface area contributed by atoms with E-state index in [4.69, 9.17) is 14.6 Å². The average molecular weight is 477 g/mol. The van der Waals surface area contributed by atoms with Crippen LogP contribution in [0.25, 0.3) is 17.4 Å². The summed E-state index contributed by atoms with van der Waals surface area (Å²) in [6.07, 6.45) is 7.33. The molecule has 1 fully saturated rings. The average Bonchev–Trinajstić information content (AvgIpc) is 3.50. The van der Waals surface area contributed by atoms with Gasteiger partial charge in [-0.2, -0.15) is 15.1 Å². The van der Waals surface area contributed by atoms with Crippen LogP contribution in [0.4, 0.5) is 0 Å². The third kappa shape index (κ3) is 4.35. The zero-order chi connectivity index (χ0) is 23.7. The lowest BCUT2D eigenvalue weighted by Crippen LogP contribution is -2.35. The van der Waals surface area contributed by atoms with Crippen LogP contribution < -0.4 is 0 Å². The molecule has 0 saturated heterocycles. The van der Waals surface area contributed by atoms with Crippen LogP contribution in [0, 0.1) is 11.3 Å². The van der Waals surface area contributed by atoms with Crippen molar-refractivity contribution < 1.29 is 18.7 Å². The molecule has 174 valence electrons. The Hall–Kier alpha value is -3.46. The van der Waals surface area contributed by atoms with Gasteiger partial charge in [0.1, 0.15) is 16.6 Å². The van der Waals surface area contributed by atoms with E-state index >= 15 is 0 Å². The molecule has 1 aromatic carbocycles. The van der Waals surface area contributed by atoms with E-state index in [0.717, 1.165) is 23.4 Å². The third-order valence-electron chi connectivity index (χ3n) is 6.02. The Morgan fingerprint density at radius 2 is 1.97 bits per heavy atom. The number of fused-ring (bicyclic) bond motifs is 1. The summed E-state index contributed by atoms with van der Waals surface area (Å²) < 4.78 is 10.9. The number of hydrazone groups is 1. The van der Waals surface area contributed by atoms with Crippen LogP contribution in [-0.4, -0.2) is 39.5 Å². The molecule has 1 saturated carbocycles. The van der Waals surface area contributed by atoms with E-state index in [1.807, 2.05) is 0 Å². The van der Waals surface area contributed by atoms with E-state index in [1.165, 1.54) is 42.1 Å². The quantitative estimate of drug-likeness (QED) is 0.462. The monoisotopic (exact) mass is 476 g/mol. The number of thioether (sulfide) groups is 1. The van der Waals surface area contributed by atoms with Gasteiger partial charge in [0.2, 0.25) is 5.17 Å². The number of carbonyl (C=O) groups is 2. The number of nitrogens with zero attached hydrogens (tertiary/aromatic N) is 3. The first kappa shape index (κ1) is 22.3. The molecule has 2 aromatic rings. The zero-order valence-electron chi connectivity index (χ0n) is 18.7. The summed E-state index contributed by atoms with van der Waals surface area (Å²) in [5.74, 6) is 0.550. The lowest BCUT2D eigenvalue weighted by molar-refractivity contribution is -0.114. The molecular weight excluding hydrogens is 452 g/mol. The number of carbonyl (C=O) groups excluding carboxylic acids is 2. The van der Waals surface area contributed by atoms with Crippen molar-refractivity contribution in [3.05, 3.63) is 53.3 Å². The highest BCUT2D eigenvalue weighted by Gasteiger charge is 2.38. The van der Waals surface area contributed by atoms with Gasteiger partial charge < -0.3 is 9.15 Å². The van der Waals surface area contributed by atoms with Gasteiger partial charge >= 0.3 is 5.97 Å². The van der Waals surface area contributed by atoms with Gasteiger partial charge in [-0.3, -0.25) is 10.2 Å². The fourth-order valence-electron chi connectivity index (χ4n) is 4.23. The number of aliphatic imine (C=N–C) groups is 1. The first-order valence-electron chi connectivity index (χ1n) is 11.4. The summed E-state index contributed by atoms with van der Waals surface area (Å²) in [7, 11) is 0. The Morgan fingerprint density at radius 3 is 2.71 bits per heavy atom. The number of furan rings is 1. The van der Waals surface area contributed by atoms with Crippen LogP contribution in [0.3, 0.4) is 0 Å². The predicted molar refractivity (Wildman–Crippen MR) is 132 cm³/mol. The molecule has 3 aliphatic rings. The second-order valence-electron chi connectivity index (χ2n) is 8.29. The molecule has 1 aliphatic carbocycles. The molecule has 0 radical (unpaired) electrons. The van der Waals surface area contributed by atoms with Crippen molar-refractivity contribution in [1.82, 2.24) is 5.01 Å². The summed E-state index contributed by atoms with van der Waals surface area (Å²) in [4.78, 5) is 28.7. The molecule has 0 bridgehead atoms. The highest BCUT2D eigenvalue weighted by Crippen LogP contribution is 2.36. The van der Waals surface area contributed by atoms with E-state index in [9.17, 15) is 9.59 Å². The summed E-state index contributed by atoms with van der Waals surface area (Å²) >= 11 is 1.41.